The quantitative estimate of drug-likeness (QED) is 0.886. The van der Waals surface area contributed by atoms with Crippen LogP contribution in [0.1, 0.15) is 51.6 Å². The van der Waals surface area contributed by atoms with E-state index in [0.29, 0.717) is 5.69 Å². The molecule has 0 radical (unpaired) electrons. The first-order valence-corrected chi connectivity index (χ1v) is 5.61. The molecule has 0 saturated heterocycles. The standard InChI is InChI=1S/C12H13F3N2O/c1-5-6(2)17-10(7-3-4-7)8(11(16)18)9(5)12(13,14)15/h7H,3-4H2,1-2H3,(H2,16,18). The molecule has 0 aliphatic heterocycles. The van der Waals surface area contributed by atoms with Gasteiger partial charge in [-0.2, -0.15) is 13.2 Å². The number of aromatic nitrogens is 1. The number of nitrogens with two attached hydrogens (primary N) is 1. The van der Waals surface area contributed by atoms with Crippen molar-refractivity contribution in [3.8, 4) is 0 Å². The predicted molar refractivity (Wildman–Crippen MR) is 59.2 cm³/mol. The Kier molecular flexibility index (Phi) is 2.83. The van der Waals surface area contributed by atoms with Gasteiger partial charge in [-0.15, -0.1) is 0 Å². The second kappa shape index (κ2) is 3.96. The van der Waals surface area contributed by atoms with Crippen LogP contribution in [0, 0.1) is 13.8 Å². The first kappa shape index (κ1) is 12.9. The Morgan fingerprint density at radius 3 is 2.28 bits per heavy atom. The highest BCUT2D eigenvalue weighted by molar-refractivity contribution is 5.96. The number of primary amides is 1. The zero-order chi connectivity index (χ0) is 13.7. The number of hydrogen-bond acceptors (Lipinski definition) is 2. The van der Waals surface area contributed by atoms with Crippen LogP contribution in [0.15, 0.2) is 0 Å². The van der Waals surface area contributed by atoms with Crippen LogP contribution in [0.3, 0.4) is 0 Å². The Labute approximate surface area is 102 Å². The van der Waals surface area contributed by atoms with Crippen LogP contribution in [0.5, 0.6) is 0 Å². The van der Waals surface area contributed by atoms with Gasteiger partial charge in [-0.3, -0.25) is 9.78 Å². The Balaban J connectivity index is 2.78. The number of nitrogens with zero attached hydrogens (tertiary/aromatic N) is 1. The van der Waals surface area contributed by atoms with Crippen molar-refractivity contribution < 1.29 is 18.0 Å². The number of amides is 1. The number of rotatable bonds is 2. The van der Waals surface area contributed by atoms with Crippen molar-refractivity contribution in [1.29, 1.82) is 0 Å². The Morgan fingerprint density at radius 1 is 1.33 bits per heavy atom. The second-order valence-corrected chi connectivity index (χ2v) is 4.59. The average molecular weight is 258 g/mol. The number of carbonyl (C=O) groups is 1. The van der Waals surface area contributed by atoms with Crippen LogP contribution >= 0.6 is 0 Å². The van der Waals surface area contributed by atoms with E-state index >= 15 is 0 Å². The summed E-state index contributed by atoms with van der Waals surface area (Å²) in [6, 6.07) is 0. The van der Waals surface area contributed by atoms with E-state index in [1.165, 1.54) is 13.8 Å². The highest BCUT2D eigenvalue weighted by atomic mass is 19.4. The van der Waals surface area contributed by atoms with Gasteiger partial charge in [0.2, 0.25) is 0 Å². The second-order valence-electron chi connectivity index (χ2n) is 4.59. The molecular formula is C12H13F3N2O. The fourth-order valence-electron chi connectivity index (χ4n) is 2.07. The van der Waals surface area contributed by atoms with Crippen molar-refractivity contribution in [2.75, 3.05) is 0 Å². The smallest absolute Gasteiger partial charge is 0.366 e. The van der Waals surface area contributed by atoms with Crippen molar-refractivity contribution in [2.45, 2.75) is 38.8 Å². The molecule has 0 atom stereocenters. The molecule has 1 aliphatic rings. The molecule has 0 unspecified atom stereocenters. The minimum atomic E-state index is -4.59. The van der Waals surface area contributed by atoms with Crippen LogP contribution in [0.4, 0.5) is 13.2 Å². The van der Waals surface area contributed by atoms with Crippen molar-refractivity contribution in [3.63, 3.8) is 0 Å². The molecule has 1 aromatic rings. The summed E-state index contributed by atoms with van der Waals surface area (Å²) in [7, 11) is 0. The number of alkyl halides is 3. The lowest BCUT2D eigenvalue weighted by atomic mass is 9.96. The first-order valence-electron chi connectivity index (χ1n) is 5.61. The van der Waals surface area contributed by atoms with Gasteiger partial charge in [-0.05, 0) is 32.3 Å². The van der Waals surface area contributed by atoms with Crippen LogP contribution in [-0.4, -0.2) is 10.9 Å². The lowest BCUT2D eigenvalue weighted by Crippen LogP contribution is -2.24. The fourth-order valence-corrected chi connectivity index (χ4v) is 2.07. The van der Waals surface area contributed by atoms with E-state index in [2.05, 4.69) is 4.98 Å². The van der Waals surface area contributed by atoms with Crippen molar-refractivity contribution in [1.82, 2.24) is 4.98 Å². The molecule has 1 amide bonds. The maximum atomic E-state index is 13.1. The van der Waals surface area contributed by atoms with E-state index in [-0.39, 0.29) is 17.2 Å². The van der Waals surface area contributed by atoms with Gasteiger partial charge in [0.05, 0.1) is 16.8 Å². The van der Waals surface area contributed by atoms with Crippen molar-refractivity contribution in [2.24, 2.45) is 5.73 Å². The van der Waals surface area contributed by atoms with E-state index < -0.39 is 23.2 Å². The summed E-state index contributed by atoms with van der Waals surface area (Å²) >= 11 is 0. The lowest BCUT2D eigenvalue weighted by molar-refractivity contribution is -0.138. The molecule has 1 aromatic heterocycles. The minimum absolute atomic E-state index is 0.0271. The van der Waals surface area contributed by atoms with Gasteiger partial charge >= 0.3 is 6.18 Å². The molecular weight excluding hydrogens is 245 g/mol. The van der Waals surface area contributed by atoms with Gasteiger partial charge in [0.15, 0.2) is 0 Å². The van der Waals surface area contributed by atoms with Gasteiger partial charge in [-0.25, -0.2) is 0 Å². The topological polar surface area (TPSA) is 56.0 Å². The highest BCUT2D eigenvalue weighted by Crippen LogP contribution is 2.45. The number of hydrogen-bond donors (Lipinski definition) is 1. The third-order valence-electron chi connectivity index (χ3n) is 3.21. The van der Waals surface area contributed by atoms with Crippen LogP contribution < -0.4 is 5.73 Å². The molecule has 0 aromatic carbocycles. The zero-order valence-corrected chi connectivity index (χ0v) is 10.1. The van der Waals surface area contributed by atoms with E-state index in [9.17, 15) is 18.0 Å². The molecule has 6 heteroatoms. The lowest BCUT2D eigenvalue weighted by Gasteiger charge is -2.18. The van der Waals surface area contributed by atoms with Crippen LogP contribution in [0.2, 0.25) is 0 Å². The fraction of sp³-hybridized carbons (Fsp3) is 0.500. The molecule has 0 spiro atoms. The summed E-state index contributed by atoms with van der Waals surface area (Å²) in [6.45, 7) is 2.83. The molecule has 3 nitrogen and oxygen atoms in total. The molecule has 18 heavy (non-hydrogen) atoms. The average Bonchev–Trinajstić information content (AvgIpc) is 3.02. The van der Waals surface area contributed by atoms with E-state index in [0.717, 1.165) is 12.8 Å². The Morgan fingerprint density at radius 2 is 1.89 bits per heavy atom. The molecule has 2 N–H and O–H groups in total. The van der Waals surface area contributed by atoms with Gasteiger partial charge in [-0.1, -0.05) is 0 Å². The molecule has 98 valence electrons. The van der Waals surface area contributed by atoms with Crippen LogP contribution in [0.25, 0.3) is 0 Å². The summed E-state index contributed by atoms with van der Waals surface area (Å²) in [5.74, 6) is -1.12. The Hall–Kier alpha value is -1.59. The molecule has 1 saturated carbocycles. The summed E-state index contributed by atoms with van der Waals surface area (Å²) in [6.07, 6.45) is -3.08. The Bertz CT molecular complexity index is 519. The van der Waals surface area contributed by atoms with Gasteiger partial charge < -0.3 is 5.73 Å². The van der Waals surface area contributed by atoms with E-state index in [4.69, 9.17) is 5.73 Å². The molecule has 1 aliphatic carbocycles. The number of carbonyl (C=O) groups excluding carboxylic acids is 1. The van der Waals surface area contributed by atoms with E-state index in [1.807, 2.05) is 0 Å². The first-order chi connectivity index (χ1) is 8.23. The zero-order valence-electron chi connectivity index (χ0n) is 10.1. The summed E-state index contributed by atoms with van der Waals surface area (Å²) in [5, 5.41) is 0. The maximum absolute atomic E-state index is 13.1. The summed E-state index contributed by atoms with van der Waals surface area (Å²) in [5.41, 5.74) is 4.22. The largest absolute Gasteiger partial charge is 0.417 e. The highest BCUT2D eigenvalue weighted by Gasteiger charge is 2.41. The van der Waals surface area contributed by atoms with Crippen LogP contribution in [-0.2, 0) is 6.18 Å². The SMILES string of the molecule is Cc1nc(C2CC2)c(C(N)=O)c(C(F)(F)F)c1C. The van der Waals surface area contributed by atoms with Gasteiger partial charge in [0.25, 0.3) is 5.91 Å². The normalized spacial score (nSPS) is 15.8. The number of aryl methyl sites for hydroxylation is 1. The van der Waals surface area contributed by atoms with E-state index in [1.54, 1.807) is 0 Å². The van der Waals surface area contributed by atoms with Crippen molar-refractivity contribution in [3.05, 3.63) is 28.1 Å². The minimum Gasteiger partial charge on any atom is -0.366 e. The maximum Gasteiger partial charge on any atom is 0.417 e. The number of pyridine rings is 1. The predicted octanol–water partition coefficient (Wildman–Crippen LogP) is 2.69. The van der Waals surface area contributed by atoms with Crippen molar-refractivity contribution >= 4 is 5.91 Å². The van der Waals surface area contributed by atoms with Gasteiger partial charge in [0, 0.05) is 11.6 Å². The molecule has 2 rings (SSSR count). The third-order valence-corrected chi connectivity index (χ3v) is 3.21. The summed E-state index contributed by atoms with van der Waals surface area (Å²) < 4.78 is 39.2. The number of halogens is 3. The third kappa shape index (κ3) is 2.07. The monoisotopic (exact) mass is 258 g/mol. The summed E-state index contributed by atoms with van der Waals surface area (Å²) in [4.78, 5) is 15.5. The van der Waals surface area contributed by atoms with Gasteiger partial charge in [0.1, 0.15) is 0 Å². The molecule has 1 heterocycles. The molecule has 0 bridgehead atoms. The molecule has 1 fully saturated rings.